The van der Waals surface area contributed by atoms with Gasteiger partial charge < -0.3 is 20.1 Å². The summed E-state index contributed by atoms with van der Waals surface area (Å²) < 4.78 is 32.6. The number of carbonyl (C=O) groups excluding carboxylic acids is 2. The van der Waals surface area contributed by atoms with Crippen LogP contribution < -0.4 is 5.73 Å². The number of hydrogen-bond acceptors (Lipinski definition) is 8. The minimum absolute atomic E-state index is 0.0323. The number of hydrogen-bond donors (Lipinski definition) is 2. The third-order valence-electron chi connectivity index (χ3n) is 7.77. The first-order valence-electron chi connectivity index (χ1n) is 20.4. The average molecular weight is 786 g/mol. The fourth-order valence-corrected chi connectivity index (χ4v) is 5.53. The number of carbonyl (C=O) groups is 2. The second-order valence-corrected chi connectivity index (χ2v) is 14.3. The summed E-state index contributed by atoms with van der Waals surface area (Å²) in [6.07, 6.45) is 52.8. The Balaban J connectivity index is 4.31. The van der Waals surface area contributed by atoms with E-state index in [4.69, 9.17) is 24.3 Å². The van der Waals surface area contributed by atoms with Gasteiger partial charge in [0, 0.05) is 19.4 Å². The Bertz CT molecular complexity index is 1260. The van der Waals surface area contributed by atoms with Crippen molar-refractivity contribution in [2.45, 2.75) is 136 Å². The maximum Gasteiger partial charge on any atom is 0.472 e. The highest BCUT2D eigenvalue weighted by Gasteiger charge is 2.25. The molecule has 0 saturated heterocycles. The quantitative estimate of drug-likeness (QED) is 0.0209. The van der Waals surface area contributed by atoms with Crippen LogP contribution in [0.4, 0.5) is 0 Å². The monoisotopic (exact) mass is 785 g/mol. The Morgan fingerprint density at radius 1 is 0.582 bits per heavy atom. The van der Waals surface area contributed by atoms with E-state index in [2.05, 4.69) is 68.5 Å². The van der Waals surface area contributed by atoms with E-state index in [1.54, 1.807) is 0 Å². The molecule has 9 nitrogen and oxygen atoms in total. The lowest BCUT2D eigenvalue weighted by Gasteiger charge is -2.19. The molecule has 0 spiro atoms. The summed E-state index contributed by atoms with van der Waals surface area (Å²) in [6.45, 7) is 3.41. The van der Waals surface area contributed by atoms with Crippen LogP contribution in [0.1, 0.15) is 129 Å². The van der Waals surface area contributed by atoms with Gasteiger partial charge in [-0.05, 0) is 70.6 Å². The summed E-state index contributed by atoms with van der Waals surface area (Å²) >= 11 is 0. The van der Waals surface area contributed by atoms with Crippen LogP contribution in [0.15, 0.2) is 109 Å². The van der Waals surface area contributed by atoms with E-state index < -0.39 is 32.5 Å². The van der Waals surface area contributed by atoms with E-state index in [9.17, 15) is 19.0 Å². The number of nitrogens with two attached hydrogens (primary N) is 1. The van der Waals surface area contributed by atoms with Crippen molar-refractivity contribution in [3.63, 3.8) is 0 Å². The Hall–Kier alpha value is -3.33. The van der Waals surface area contributed by atoms with Crippen molar-refractivity contribution in [3.8, 4) is 0 Å². The van der Waals surface area contributed by atoms with Crippen molar-refractivity contribution in [1.82, 2.24) is 0 Å². The minimum atomic E-state index is -4.41. The Labute approximate surface area is 333 Å². The zero-order valence-corrected chi connectivity index (χ0v) is 34.7. The van der Waals surface area contributed by atoms with Crippen molar-refractivity contribution in [2.75, 3.05) is 26.4 Å². The molecule has 2 atom stereocenters. The van der Waals surface area contributed by atoms with Gasteiger partial charge >= 0.3 is 19.8 Å². The Kier molecular flexibility index (Phi) is 37.9. The molecule has 0 heterocycles. The predicted molar refractivity (Wildman–Crippen MR) is 228 cm³/mol. The number of rotatable bonds is 36. The zero-order chi connectivity index (χ0) is 40.3. The van der Waals surface area contributed by atoms with Crippen molar-refractivity contribution >= 4 is 19.8 Å². The lowest BCUT2D eigenvalue weighted by atomic mass is 10.1. The fourth-order valence-electron chi connectivity index (χ4n) is 4.76. The SMILES string of the molecule is CC/C=C/C=C/C=C/C=C/C=C/CCCC(=O)OC(COC(=O)CCCCCCC/C=C/C/C=C/C/C=C/C/C=C/CCCCC)COP(=O)(O)OCCN. The standard InChI is InChI=1S/C45H72NO8P/c1-3-5-7-9-11-13-15-17-18-19-20-21-22-23-24-26-27-29-31-33-35-37-44(47)51-41-43(42-53-55(49,50)52-40-39-46)54-45(48)38-36-34-32-30-28-25-16-14-12-10-8-6-4-2/h6,8,10-14,16-18,20-21,23-25,28,30,32,43H,3-5,7,9,15,19,22,26-27,29,31,33-42,46H2,1-2H3,(H,49,50)/b8-6+,12-10+,13-11+,16-14+,18-17+,21-20+,24-23+,28-25+,32-30+. The third-order valence-corrected chi connectivity index (χ3v) is 8.75. The second-order valence-electron chi connectivity index (χ2n) is 12.9. The Morgan fingerprint density at radius 3 is 1.69 bits per heavy atom. The van der Waals surface area contributed by atoms with Gasteiger partial charge in [-0.15, -0.1) is 0 Å². The van der Waals surface area contributed by atoms with Crippen molar-refractivity contribution in [1.29, 1.82) is 0 Å². The average Bonchev–Trinajstić information content (AvgIpc) is 3.17. The van der Waals surface area contributed by atoms with Crippen LogP contribution in [0.25, 0.3) is 0 Å². The van der Waals surface area contributed by atoms with Gasteiger partial charge in [0.05, 0.1) is 13.2 Å². The Morgan fingerprint density at radius 2 is 1.09 bits per heavy atom. The molecule has 0 aromatic carbocycles. The molecule has 3 N–H and O–H groups in total. The third kappa shape index (κ3) is 40.2. The van der Waals surface area contributed by atoms with Crippen LogP contribution in [-0.4, -0.2) is 49.3 Å². The van der Waals surface area contributed by atoms with Gasteiger partial charge in [-0.25, -0.2) is 4.57 Å². The molecule has 0 aromatic rings. The molecule has 0 aliphatic heterocycles. The van der Waals surface area contributed by atoms with Crippen LogP contribution in [-0.2, 0) is 32.7 Å². The molecule has 0 amide bonds. The lowest BCUT2D eigenvalue weighted by molar-refractivity contribution is -0.161. The van der Waals surface area contributed by atoms with Gasteiger partial charge in [0.2, 0.25) is 0 Å². The molecule has 0 aromatic heterocycles. The van der Waals surface area contributed by atoms with Gasteiger partial charge in [-0.2, -0.15) is 0 Å². The molecular weight excluding hydrogens is 713 g/mol. The fraction of sp³-hybridized carbons (Fsp3) is 0.556. The van der Waals surface area contributed by atoms with Crippen LogP contribution >= 0.6 is 7.82 Å². The number of unbranched alkanes of at least 4 members (excludes halogenated alkanes) is 9. The van der Waals surface area contributed by atoms with E-state index >= 15 is 0 Å². The first-order valence-corrected chi connectivity index (χ1v) is 21.9. The maximum absolute atomic E-state index is 12.5. The number of phosphoric acid groups is 1. The van der Waals surface area contributed by atoms with Crippen LogP contribution in [0.3, 0.4) is 0 Å². The van der Waals surface area contributed by atoms with Gasteiger partial charge in [0.1, 0.15) is 6.61 Å². The summed E-state index contributed by atoms with van der Waals surface area (Å²) in [7, 11) is -4.41. The van der Waals surface area contributed by atoms with E-state index in [0.717, 1.165) is 57.8 Å². The van der Waals surface area contributed by atoms with E-state index in [-0.39, 0.29) is 32.6 Å². The molecule has 2 unspecified atom stereocenters. The zero-order valence-electron chi connectivity index (χ0n) is 33.9. The highest BCUT2D eigenvalue weighted by Crippen LogP contribution is 2.43. The summed E-state index contributed by atoms with van der Waals surface area (Å²) in [5.41, 5.74) is 5.33. The largest absolute Gasteiger partial charge is 0.472 e. The molecule has 310 valence electrons. The molecule has 10 heteroatoms. The lowest BCUT2D eigenvalue weighted by Crippen LogP contribution is -2.29. The summed E-state index contributed by atoms with van der Waals surface area (Å²) in [4.78, 5) is 34.7. The first kappa shape index (κ1) is 51.7. The van der Waals surface area contributed by atoms with Crippen LogP contribution in [0, 0.1) is 0 Å². The summed E-state index contributed by atoms with van der Waals surface area (Å²) in [5, 5.41) is 0. The normalized spacial score (nSPS) is 14.5. The molecule has 0 rings (SSSR count). The van der Waals surface area contributed by atoms with Crippen molar-refractivity contribution < 1.29 is 37.6 Å². The molecule has 55 heavy (non-hydrogen) atoms. The van der Waals surface area contributed by atoms with Gasteiger partial charge in [0.15, 0.2) is 6.10 Å². The number of ether oxygens (including phenoxy) is 2. The van der Waals surface area contributed by atoms with Gasteiger partial charge in [-0.3, -0.25) is 18.6 Å². The van der Waals surface area contributed by atoms with E-state index in [1.807, 2.05) is 54.7 Å². The van der Waals surface area contributed by atoms with Gasteiger partial charge in [0.25, 0.3) is 0 Å². The second kappa shape index (κ2) is 40.3. The number of phosphoric ester groups is 1. The molecular formula is C45H72NO8P. The number of allylic oxidation sites excluding steroid dienone is 18. The molecule has 0 aliphatic rings. The minimum Gasteiger partial charge on any atom is -0.462 e. The highest BCUT2D eigenvalue weighted by molar-refractivity contribution is 7.47. The first-order chi connectivity index (χ1) is 26.8. The summed E-state index contributed by atoms with van der Waals surface area (Å²) in [5.74, 6) is -0.951. The maximum atomic E-state index is 12.5. The highest BCUT2D eigenvalue weighted by atomic mass is 31.2. The van der Waals surface area contributed by atoms with Crippen molar-refractivity contribution in [2.24, 2.45) is 5.73 Å². The van der Waals surface area contributed by atoms with Crippen LogP contribution in [0.5, 0.6) is 0 Å². The smallest absolute Gasteiger partial charge is 0.462 e. The van der Waals surface area contributed by atoms with E-state index in [1.165, 1.54) is 25.7 Å². The topological polar surface area (TPSA) is 134 Å². The van der Waals surface area contributed by atoms with E-state index in [0.29, 0.717) is 19.3 Å². The molecule has 0 aliphatic carbocycles. The van der Waals surface area contributed by atoms with Crippen molar-refractivity contribution in [3.05, 3.63) is 109 Å². The molecule has 0 fully saturated rings. The predicted octanol–water partition coefficient (Wildman–Crippen LogP) is 11.6. The van der Waals surface area contributed by atoms with Crippen LogP contribution in [0.2, 0.25) is 0 Å². The number of esters is 2. The summed E-state index contributed by atoms with van der Waals surface area (Å²) in [6, 6.07) is 0. The van der Waals surface area contributed by atoms with Gasteiger partial charge in [-0.1, -0.05) is 155 Å². The molecule has 0 bridgehead atoms. The molecule has 0 radical (unpaired) electrons. The molecule has 0 saturated carbocycles.